The molecule has 1 saturated carbocycles. The molecule has 2 aliphatic rings. The first-order chi connectivity index (χ1) is 9.41. The van der Waals surface area contributed by atoms with E-state index in [1.165, 1.54) is 0 Å². The van der Waals surface area contributed by atoms with Gasteiger partial charge in [0, 0.05) is 19.0 Å². The topological polar surface area (TPSA) is 87.9 Å². The molecule has 2 atom stereocenters. The number of hydrogen-bond acceptors (Lipinski definition) is 4. The van der Waals surface area contributed by atoms with E-state index in [9.17, 15) is 4.79 Å². The highest BCUT2D eigenvalue weighted by Gasteiger charge is 2.64. The largest absolute Gasteiger partial charge is 0.367 e. The zero-order chi connectivity index (χ0) is 14.5. The van der Waals surface area contributed by atoms with Gasteiger partial charge in [-0.3, -0.25) is 9.89 Å². The third kappa shape index (κ3) is 2.07. The Hall–Kier alpha value is -1.59. The maximum atomic E-state index is 12.7. The molecule has 1 aromatic rings. The lowest BCUT2D eigenvalue weighted by atomic mass is 9.98. The summed E-state index contributed by atoms with van der Waals surface area (Å²) in [6.07, 6.45) is 2.22. The van der Waals surface area contributed by atoms with Crippen LogP contribution in [0, 0.1) is 17.3 Å². The molecule has 1 saturated heterocycles. The van der Waals surface area contributed by atoms with Gasteiger partial charge in [-0.1, -0.05) is 20.8 Å². The SMILES string of the molecule is CC1CCN(C(=O)[C@@H]2[C@H](c3nc(N)n[nH]3)C2(C)C)CC1. The fraction of sp³-hybridized carbons (Fsp3) is 0.786. The highest BCUT2D eigenvalue weighted by molar-refractivity contribution is 5.84. The number of carbonyl (C=O) groups excluding carboxylic acids is 1. The first kappa shape index (κ1) is 13.4. The fourth-order valence-electron chi connectivity index (χ4n) is 3.46. The Balaban J connectivity index is 1.72. The second-order valence-corrected chi connectivity index (χ2v) is 6.86. The lowest BCUT2D eigenvalue weighted by Crippen LogP contribution is -2.39. The maximum absolute atomic E-state index is 12.7. The van der Waals surface area contributed by atoms with Gasteiger partial charge in [0.15, 0.2) is 0 Å². The minimum atomic E-state index is -0.0634. The second-order valence-electron chi connectivity index (χ2n) is 6.86. The van der Waals surface area contributed by atoms with Gasteiger partial charge in [0.25, 0.3) is 0 Å². The predicted molar refractivity (Wildman–Crippen MR) is 75.8 cm³/mol. The molecule has 6 heteroatoms. The molecule has 0 unspecified atom stereocenters. The molecule has 3 N–H and O–H groups in total. The van der Waals surface area contributed by atoms with Crippen molar-refractivity contribution in [2.45, 2.75) is 39.5 Å². The molecule has 1 aromatic heterocycles. The molecule has 2 heterocycles. The van der Waals surface area contributed by atoms with Gasteiger partial charge >= 0.3 is 0 Å². The summed E-state index contributed by atoms with van der Waals surface area (Å²) in [5.41, 5.74) is 5.50. The molecule has 2 fully saturated rings. The standard InChI is InChI=1S/C14H23N5O/c1-8-4-6-19(7-5-8)12(20)10-9(14(10,2)3)11-16-13(15)18-17-11/h8-10H,4-7H2,1-3H3,(H3,15,16,17,18)/t9-,10+/m1/s1. The lowest BCUT2D eigenvalue weighted by Gasteiger charge is -2.30. The fourth-order valence-corrected chi connectivity index (χ4v) is 3.46. The zero-order valence-electron chi connectivity index (χ0n) is 12.4. The molecular formula is C14H23N5O. The molecule has 110 valence electrons. The summed E-state index contributed by atoms with van der Waals surface area (Å²) < 4.78 is 0. The van der Waals surface area contributed by atoms with E-state index in [2.05, 4.69) is 36.0 Å². The number of nitrogens with one attached hydrogen (secondary N) is 1. The monoisotopic (exact) mass is 277 g/mol. The number of piperidine rings is 1. The maximum Gasteiger partial charge on any atom is 0.239 e. The van der Waals surface area contributed by atoms with Crippen LogP contribution in [0.5, 0.6) is 0 Å². The highest BCUT2D eigenvalue weighted by Crippen LogP contribution is 2.64. The minimum absolute atomic E-state index is 0.00301. The number of nitrogens with two attached hydrogens (primary N) is 1. The van der Waals surface area contributed by atoms with E-state index in [4.69, 9.17) is 5.73 Å². The van der Waals surface area contributed by atoms with Crippen LogP contribution in [-0.4, -0.2) is 39.1 Å². The summed E-state index contributed by atoms with van der Waals surface area (Å²) >= 11 is 0. The zero-order valence-corrected chi connectivity index (χ0v) is 12.4. The number of rotatable bonds is 2. The molecule has 6 nitrogen and oxygen atoms in total. The third-order valence-corrected chi connectivity index (χ3v) is 5.00. The Kier molecular flexibility index (Phi) is 2.99. The van der Waals surface area contributed by atoms with Crippen molar-refractivity contribution in [3.8, 4) is 0 Å². The summed E-state index contributed by atoms with van der Waals surface area (Å²) in [4.78, 5) is 18.9. The van der Waals surface area contributed by atoms with Gasteiger partial charge in [-0.05, 0) is 24.2 Å². The van der Waals surface area contributed by atoms with E-state index in [-0.39, 0.29) is 29.1 Å². The van der Waals surface area contributed by atoms with Gasteiger partial charge in [-0.2, -0.15) is 4.98 Å². The highest BCUT2D eigenvalue weighted by atomic mass is 16.2. The Bertz CT molecular complexity index is 515. The number of nitrogen functional groups attached to an aromatic ring is 1. The van der Waals surface area contributed by atoms with Gasteiger partial charge in [-0.25, -0.2) is 0 Å². The van der Waals surface area contributed by atoms with Crippen LogP contribution in [0.3, 0.4) is 0 Å². The number of anilines is 1. The van der Waals surface area contributed by atoms with Crippen molar-refractivity contribution in [1.29, 1.82) is 0 Å². The number of aromatic nitrogens is 3. The summed E-state index contributed by atoms with van der Waals surface area (Å²) in [5, 5.41) is 6.74. The molecule has 0 radical (unpaired) electrons. The van der Waals surface area contributed by atoms with E-state index in [1.807, 2.05) is 4.90 Å². The Morgan fingerprint density at radius 2 is 2.05 bits per heavy atom. The van der Waals surface area contributed by atoms with Crippen molar-refractivity contribution < 1.29 is 4.79 Å². The first-order valence-corrected chi connectivity index (χ1v) is 7.38. The molecule has 1 amide bonds. The van der Waals surface area contributed by atoms with E-state index in [0.717, 1.165) is 37.7 Å². The first-order valence-electron chi connectivity index (χ1n) is 7.38. The van der Waals surface area contributed by atoms with Crippen LogP contribution in [0.25, 0.3) is 0 Å². The molecule has 20 heavy (non-hydrogen) atoms. The van der Waals surface area contributed by atoms with E-state index in [1.54, 1.807) is 0 Å². The van der Waals surface area contributed by atoms with Crippen molar-refractivity contribution in [3.63, 3.8) is 0 Å². The molecule has 0 aromatic carbocycles. The minimum Gasteiger partial charge on any atom is -0.367 e. The van der Waals surface area contributed by atoms with Crippen LogP contribution in [0.4, 0.5) is 5.95 Å². The molecule has 1 aliphatic heterocycles. The van der Waals surface area contributed by atoms with Gasteiger partial charge in [-0.15, -0.1) is 5.10 Å². The van der Waals surface area contributed by atoms with Crippen LogP contribution in [0.15, 0.2) is 0 Å². The summed E-state index contributed by atoms with van der Waals surface area (Å²) in [5.74, 6) is 2.11. The quantitative estimate of drug-likeness (QED) is 0.855. The molecule has 1 aliphatic carbocycles. The van der Waals surface area contributed by atoms with Crippen molar-refractivity contribution in [3.05, 3.63) is 5.82 Å². The van der Waals surface area contributed by atoms with Crippen LogP contribution in [-0.2, 0) is 4.79 Å². The van der Waals surface area contributed by atoms with Crippen LogP contribution in [0.1, 0.15) is 45.4 Å². The molecular weight excluding hydrogens is 254 g/mol. The van der Waals surface area contributed by atoms with Gasteiger partial charge in [0.2, 0.25) is 11.9 Å². The second kappa shape index (κ2) is 4.46. The van der Waals surface area contributed by atoms with Gasteiger partial charge < -0.3 is 10.6 Å². The number of H-pyrrole nitrogens is 1. The van der Waals surface area contributed by atoms with Crippen molar-refractivity contribution >= 4 is 11.9 Å². The van der Waals surface area contributed by atoms with Crippen molar-refractivity contribution in [2.24, 2.45) is 17.3 Å². The number of nitrogens with zero attached hydrogens (tertiary/aromatic N) is 3. The molecule has 0 spiro atoms. The van der Waals surface area contributed by atoms with Crippen molar-refractivity contribution in [1.82, 2.24) is 20.1 Å². The van der Waals surface area contributed by atoms with Crippen LogP contribution < -0.4 is 5.73 Å². The summed E-state index contributed by atoms with van der Waals surface area (Å²) in [7, 11) is 0. The van der Waals surface area contributed by atoms with Crippen molar-refractivity contribution in [2.75, 3.05) is 18.8 Å². The predicted octanol–water partition coefficient (Wildman–Crippen LogP) is 1.38. The number of likely N-dealkylation sites (tertiary alicyclic amines) is 1. The third-order valence-electron chi connectivity index (χ3n) is 5.00. The average Bonchev–Trinajstić information content (AvgIpc) is 2.74. The lowest BCUT2D eigenvalue weighted by molar-refractivity contribution is -0.134. The van der Waals surface area contributed by atoms with E-state index in [0.29, 0.717) is 0 Å². The smallest absolute Gasteiger partial charge is 0.239 e. The summed E-state index contributed by atoms with van der Waals surface area (Å²) in [6, 6.07) is 0. The van der Waals surface area contributed by atoms with E-state index < -0.39 is 0 Å². The molecule has 0 bridgehead atoms. The van der Waals surface area contributed by atoms with Gasteiger partial charge in [0.05, 0.1) is 5.92 Å². The Morgan fingerprint density at radius 3 is 2.60 bits per heavy atom. The summed E-state index contributed by atoms with van der Waals surface area (Å²) in [6.45, 7) is 8.26. The Morgan fingerprint density at radius 1 is 1.40 bits per heavy atom. The number of aromatic amines is 1. The number of hydrogen-bond donors (Lipinski definition) is 2. The number of amides is 1. The van der Waals surface area contributed by atoms with Gasteiger partial charge in [0.1, 0.15) is 5.82 Å². The molecule has 3 rings (SSSR count). The van der Waals surface area contributed by atoms with Crippen LogP contribution >= 0.6 is 0 Å². The normalized spacial score (nSPS) is 29.4. The van der Waals surface area contributed by atoms with E-state index >= 15 is 0 Å². The average molecular weight is 277 g/mol. The van der Waals surface area contributed by atoms with Crippen LogP contribution in [0.2, 0.25) is 0 Å². The Labute approximate surface area is 119 Å². The number of carbonyl (C=O) groups is 1.